The molecule has 0 saturated carbocycles. The summed E-state index contributed by atoms with van der Waals surface area (Å²) in [7, 11) is -3.87. The van der Waals surface area contributed by atoms with E-state index in [1.807, 2.05) is 26.0 Å². The number of nitrogens with one attached hydrogen (secondary N) is 2. The van der Waals surface area contributed by atoms with Crippen LogP contribution in [-0.4, -0.2) is 20.9 Å². The Labute approximate surface area is 182 Å². The topological polar surface area (TPSA) is 75.3 Å². The Kier molecular flexibility index (Phi) is 6.75. The van der Waals surface area contributed by atoms with E-state index in [0.717, 1.165) is 16.7 Å². The van der Waals surface area contributed by atoms with Crippen LogP contribution in [-0.2, 0) is 16.4 Å². The molecule has 3 aromatic carbocycles. The van der Waals surface area contributed by atoms with Gasteiger partial charge in [-0.3, -0.25) is 9.52 Å². The van der Waals surface area contributed by atoms with E-state index in [1.165, 1.54) is 18.2 Å². The molecule has 0 bridgehead atoms. The number of hydrogen-bond donors (Lipinski definition) is 2. The summed E-state index contributed by atoms with van der Waals surface area (Å²) in [6.45, 7) is 5.81. The first kappa shape index (κ1) is 22.5. The number of amides is 1. The van der Waals surface area contributed by atoms with Gasteiger partial charge in [0.2, 0.25) is 0 Å². The van der Waals surface area contributed by atoms with Gasteiger partial charge in [-0.15, -0.1) is 0 Å². The average Bonchev–Trinajstić information content (AvgIpc) is 2.71. The summed E-state index contributed by atoms with van der Waals surface area (Å²) in [6.07, 6.45) is 0.539. The third-order valence-electron chi connectivity index (χ3n) is 4.98. The maximum Gasteiger partial charge on any atom is 0.262 e. The van der Waals surface area contributed by atoms with Crippen molar-refractivity contribution in [3.8, 4) is 0 Å². The zero-order valence-electron chi connectivity index (χ0n) is 17.7. The van der Waals surface area contributed by atoms with Gasteiger partial charge in [0.25, 0.3) is 15.9 Å². The molecule has 0 atom stereocenters. The van der Waals surface area contributed by atoms with Crippen molar-refractivity contribution in [2.45, 2.75) is 32.1 Å². The van der Waals surface area contributed by atoms with Crippen LogP contribution >= 0.6 is 0 Å². The van der Waals surface area contributed by atoms with Crippen molar-refractivity contribution in [1.82, 2.24) is 5.32 Å². The van der Waals surface area contributed by atoms with E-state index in [9.17, 15) is 17.6 Å². The molecule has 3 aromatic rings. The van der Waals surface area contributed by atoms with Gasteiger partial charge in [0.15, 0.2) is 0 Å². The normalized spacial score (nSPS) is 11.2. The van der Waals surface area contributed by atoms with E-state index < -0.39 is 10.0 Å². The lowest BCUT2D eigenvalue weighted by Gasteiger charge is -2.14. The standard InChI is InChI=1S/C24H25FN2O3S/c1-16-4-11-22(18(3)14-16)27-31(29,30)23-15-20(8-5-17(23)2)24(28)26-13-12-19-6-9-21(25)10-7-19/h4-11,14-15,27H,12-13H2,1-3H3,(H,26,28). The van der Waals surface area contributed by atoms with Crippen LogP contribution in [0.3, 0.4) is 0 Å². The fourth-order valence-corrected chi connectivity index (χ4v) is 4.63. The van der Waals surface area contributed by atoms with Crippen LogP contribution in [0, 0.1) is 26.6 Å². The number of rotatable bonds is 7. The van der Waals surface area contributed by atoms with E-state index in [0.29, 0.717) is 24.2 Å². The highest BCUT2D eigenvalue weighted by Gasteiger charge is 2.20. The van der Waals surface area contributed by atoms with E-state index >= 15 is 0 Å². The van der Waals surface area contributed by atoms with Crippen LogP contribution < -0.4 is 10.0 Å². The van der Waals surface area contributed by atoms with Crippen LogP contribution in [0.4, 0.5) is 10.1 Å². The molecule has 31 heavy (non-hydrogen) atoms. The molecule has 2 N–H and O–H groups in total. The second kappa shape index (κ2) is 9.31. The van der Waals surface area contributed by atoms with Crippen LogP contribution in [0.15, 0.2) is 65.6 Å². The van der Waals surface area contributed by atoms with Crippen LogP contribution in [0.1, 0.15) is 32.6 Å². The first-order chi connectivity index (χ1) is 14.7. The van der Waals surface area contributed by atoms with Crippen molar-refractivity contribution < 1.29 is 17.6 Å². The highest BCUT2D eigenvalue weighted by molar-refractivity contribution is 7.92. The fraction of sp³-hybridized carbons (Fsp3) is 0.208. The number of anilines is 1. The van der Waals surface area contributed by atoms with Crippen LogP contribution in [0.25, 0.3) is 0 Å². The monoisotopic (exact) mass is 440 g/mol. The Balaban J connectivity index is 1.73. The summed E-state index contributed by atoms with van der Waals surface area (Å²) >= 11 is 0. The molecular weight excluding hydrogens is 415 g/mol. The van der Waals surface area contributed by atoms with Gasteiger partial charge in [0.05, 0.1) is 10.6 Å². The van der Waals surface area contributed by atoms with E-state index in [2.05, 4.69) is 10.0 Å². The van der Waals surface area contributed by atoms with Crippen molar-refractivity contribution >= 4 is 21.6 Å². The summed E-state index contributed by atoms with van der Waals surface area (Å²) in [5, 5.41) is 2.78. The zero-order valence-corrected chi connectivity index (χ0v) is 18.5. The predicted molar refractivity (Wildman–Crippen MR) is 120 cm³/mol. The molecule has 1 amide bonds. The molecule has 0 radical (unpaired) electrons. The number of benzene rings is 3. The third kappa shape index (κ3) is 5.70. The lowest BCUT2D eigenvalue weighted by atomic mass is 10.1. The molecule has 0 fully saturated rings. The highest BCUT2D eigenvalue weighted by atomic mass is 32.2. The first-order valence-corrected chi connectivity index (χ1v) is 11.4. The van der Waals surface area contributed by atoms with Gasteiger partial charge < -0.3 is 5.32 Å². The van der Waals surface area contributed by atoms with Crippen molar-refractivity contribution in [2.24, 2.45) is 0 Å². The van der Waals surface area contributed by atoms with Crippen LogP contribution in [0.2, 0.25) is 0 Å². The van der Waals surface area contributed by atoms with Gasteiger partial charge in [0, 0.05) is 12.1 Å². The zero-order chi connectivity index (χ0) is 22.6. The Morgan fingerprint density at radius 1 is 0.903 bits per heavy atom. The Morgan fingerprint density at radius 2 is 1.61 bits per heavy atom. The fourth-order valence-electron chi connectivity index (χ4n) is 3.23. The minimum Gasteiger partial charge on any atom is -0.352 e. The van der Waals surface area contributed by atoms with Gasteiger partial charge in [0.1, 0.15) is 5.82 Å². The van der Waals surface area contributed by atoms with Gasteiger partial charge in [-0.25, -0.2) is 12.8 Å². The average molecular weight is 441 g/mol. The molecule has 0 unspecified atom stereocenters. The number of carbonyl (C=O) groups is 1. The molecule has 0 aromatic heterocycles. The molecule has 162 valence electrons. The molecular formula is C24H25FN2O3S. The predicted octanol–water partition coefficient (Wildman–Crippen LogP) is 4.52. The summed E-state index contributed by atoms with van der Waals surface area (Å²) in [4.78, 5) is 12.6. The lowest BCUT2D eigenvalue weighted by molar-refractivity contribution is 0.0954. The molecule has 0 aliphatic heterocycles. The molecule has 0 saturated heterocycles. The molecule has 5 nitrogen and oxygen atoms in total. The SMILES string of the molecule is Cc1ccc(NS(=O)(=O)c2cc(C(=O)NCCc3ccc(F)cc3)ccc2C)c(C)c1. The first-order valence-electron chi connectivity index (χ1n) is 9.89. The van der Waals surface area contributed by atoms with E-state index in [1.54, 1.807) is 37.3 Å². The second-order valence-electron chi connectivity index (χ2n) is 7.54. The molecule has 0 aliphatic carbocycles. The number of carbonyl (C=O) groups excluding carboxylic acids is 1. The Hall–Kier alpha value is -3.19. The molecule has 0 aliphatic rings. The maximum absolute atomic E-state index is 13.0. The molecule has 0 spiro atoms. The number of aryl methyl sites for hydroxylation is 3. The lowest BCUT2D eigenvalue weighted by Crippen LogP contribution is -2.26. The number of sulfonamides is 1. The quantitative estimate of drug-likeness (QED) is 0.567. The number of halogens is 1. The summed E-state index contributed by atoms with van der Waals surface area (Å²) in [6, 6.07) is 16.1. The van der Waals surface area contributed by atoms with E-state index in [4.69, 9.17) is 0 Å². The third-order valence-corrected chi connectivity index (χ3v) is 6.49. The van der Waals surface area contributed by atoms with Gasteiger partial charge in [-0.05, 0) is 74.2 Å². The highest BCUT2D eigenvalue weighted by Crippen LogP contribution is 2.23. The Morgan fingerprint density at radius 3 is 2.29 bits per heavy atom. The van der Waals surface area contributed by atoms with Crippen molar-refractivity contribution in [3.63, 3.8) is 0 Å². The van der Waals surface area contributed by atoms with E-state index in [-0.39, 0.29) is 22.2 Å². The molecule has 7 heteroatoms. The second-order valence-corrected chi connectivity index (χ2v) is 9.19. The maximum atomic E-state index is 13.0. The van der Waals surface area contributed by atoms with Crippen molar-refractivity contribution in [1.29, 1.82) is 0 Å². The van der Waals surface area contributed by atoms with Gasteiger partial charge >= 0.3 is 0 Å². The number of hydrogen-bond acceptors (Lipinski definition) is 3. The summed E-state index contributed by atoms with van der Waals surface area (Å²) in [5.74, 6) is -0.680. The minimum absolute atomic E-state index is 0.0543. The molecule has 3 rings (SSSR count). The van der Waals surface area contributed by atoms with Gasteiger partial charge in [-0.1, -0.05) is 35.9 Å². The smallest absolute Gasteiger partial charge is 0.262 e. The van der Waals surface area contributed by atoms with Crippen molar-refractivity contribution in [3.05, 3.63) is 94.3 Å². The van der Waals surface area contributed by atoms with Gasteiger partial charge in [-0.2, -0.15) is 0 Å². The molecule has 0 heterocycles. The minimum atomic E-state index is -3.87. The summed E-state index contributed by atoms with van der Waals surface area (Å²) in [5.41, 5.74) is 4.04. The summed E-state index contributed by atoms with van der Waals surface area (Å²) < 4.78 is 41.6. The van der Waals surface area contributed by atoms with Crippen LogP contribution in [0.5, 0.6) is 0 Å². The largest absolute Gasteiger partial charge is 0.352 e. The van der Waals surface area contributed by atoms with Crippen molar-refractivity contribution in [2.75, 3.05) is 11.3 Å². The Bertz CT molecular complexity index is 1210.